The molecule has 6 heteroatoms. The third-order valence-corrected chi connectivity index (χ3v) is 2.81. The number of H-pyrrole nitrogens is 2. The molecule has 18 heavy (non-hydrogen) atoms. The Kier molecular flexibility index (Phi) is 4.14. The number of imidazole rings is 1. The van der Waals surface area contributed by atoms with E-state index >= 15 is 0 Å². The molecular formula is C12H18N4O2. The lowest BCUT2D eigenvalue weighted by Gasteiger charge is -2.09. The van der Waals surface area contributed by atoms with Gasteiger partial charge in [-0.3, -0.25) is 0 Å². The SMILES string of the molecule is NC(CO)CNCCc1ccc2[nH]c(=O)[nH]c2c1. The van der Waals surface area contributed by atoms with Gasteiger partial charge in [0.25, 0.3) is 0 Å². The molecule has 1 aromatic heterocycles. The first kappa shape index (κ1) is 12.8. The third-order valence-electron chi connectivity index (χ3n) is 2.81. The lowest BCUT2D eigenvalue weighted by atomic mass is 10.1. The second-order valence-corrected chi connectivity index (χ2v) is 4.36. The summed E-state index contributed by atoms with van der Waals surface area (Å²) >= 11 is 0. The number of rotatable bonds is 6. The van der Waals surface area contributed by atoms with Crippen molar-refractivity contribution in [2.45, 2.75) is 12.5 Å². The predicted molar refractivity (Wildman–Crippen MR) is 70.6 cm³/mol. The summed E-state index contributed by atoms with van der Waals surface area (Å²) in [5, 5.41) is 11.9. The maximum absolute atomic E-state index is 11.1. The van der Waals surface area contributed by atoms with Gasteiger partial charge in [-0.1, -0.05) is 6.07 Å². The number of fused-ring (bicyclic) bond motifs is 1. The molecule has 0 aliphatic carbocycles. The number of aliphatic hydroxyl groups excluding tert-OH is 1. The van der Waals surface area contributed by atoms with Gasteiger partial charge < -0.3 is 26.1 Å². The quantitative estimate of drug-likeness (QED) is 0.437. The lowest BCUT2D eigenvalue weighted by molar-refractivity contribution is 0.262. The summed E-state index contributed by atoms with van der Waals surface area (Å²) in [7, 11) is 0. The molecule has 0 aliphatic rings. The molecule has 0 radical (unpaired) electrons. The molecule has 2 aromatic rings. The molecule has 1 heterocycles. The molecule has 0 spiro atoms. The summed E-state index contributed by atoms with van der Waals surface area (Å²) in [5.41, 5.74) is 8.17. The van der Waals surface area contributed by atoms with Crippen molar-refractivity contribution in [2.75, 3.05) is 19.7 Å². The highest BCUT2D eigenvalue weighted by molar-refractivity contribution is 5.74. The van der Waals surface area contributed by atoms with E-state index in [1.54, 1.807) is 0 Å². The van der Waals surface area contributed by atoms with Crippen molar-refractivity contribution in [3.63, 3.8) is 0 Å². The first-order valence-electron chi connectivity index (χ1n) is 5.97. The van der Waals surface area contributed by atoms with Crippen LogP contribution in [0.1, 0.15) is 5.56 Å². The Labute approximate surface area is 104 Å². The molecule has 0 saturated carbocycles. The minimum absolute atomic E-state index is 0.0104. The molecule has 6 N–H and O–H groups in total. The zero-order valence-electron chi connectivity index (χ0n) is 10.1. The van der Waals surface area contributed by atoms with Crippen molar-refractivity contribution < 1.29 is 5.11 Å². The Morgan fingerprint density at radius 1 is 1.33 bits per heavy atom. The molecule has 0 bridgehead atoms. The zero-order valence-corrected chi connectivity index (χ0v) is 10.1. The number of hydrogen-bond donors (Lipinski definition) is 5. The minimum atomic E-state index is -0.214. The molecule has 1 atom stereocenters. The van der Waals surface area contributed by atoms with E-state index in [0.717, 1.165) is 29.6 Å². The second kappa shape index (κ2) is 5.81. The molecule has 0 aliphatic heterocycles. The summed E-state index contributed by atoms with van der Waals surface area (Å²) in [5.74, 6) is 0. The van der Waals surface area contributed by atoms with Crippen molar-refractivity contribution in [3.05, 3.63) is 34.2 Å². The van der Waals surface area contributed by atoms with Crippen LogP contribution >= 0.6 is 0 Å². The van der Waals surface area contributed by atoms with Crippen LogP contribution in [0.2, 0.25) is 0 Å². The van der Waals surface area contributed by atoms with Crippen LogP contribution in [0.5, 0.6) is 0 Å². The summed E-state index contributed by atoms with van der Waals surface area (Å²) in [6.07, 6.45) is 0.849. The van der Waals surface area contributed by atoms with Crippen molar-refractivity contribution in [1.82, 2.24) is 15.3 Å². The lowest BCUT2D eigenvalue weighted by Crippen LogP contribution is -2.37. The fourth-order valence-electron chi connectivity index (χ4n) is 1.82. The maximum Gasteiger partial charge on any atom is 0.323 e. The fourth-order valence-corrected chi connectivity index (χ4v) is 1.82. The molecule has 98 valence electrons. The average Bonchev–Trinajstić information content (AvgIpc) is 2.73. The number of benzene rings is 1. The molecular weight excluding hydrogens is 232 g/mol. The highest BCUT2D eigenvalue weighted by Gasteiger charge is 2.01. The minimum Gasteiger partial charge on any atom is -0.395 e. The fraction of sp³-hybridized carbons (Fsp3) is 0.417. The van der Waals surface area contributed by atoms with E-state index < -0.39 is 0 Å². The van der Waals surface area contributed by atoms with Crippen LogP contribution in [0.4, 0.5) is 0 Å². The van der Waals surface area contributed by atoms with Gasteiger partial charge >= 0.3 is 5.69 Å². The van der Waals surface area contributed by atoms with Gasteiger partial charge in [-0.25, -0.2) is 4.79 Å². The maximum atomic E-state index is 11.1. The summed E-state index contributed by atoms with van der Waals surface area (Å²) in [4.78, 5) is 16.5. The molecule has 0 saturated heterocycles. The van der Waals surface area contributed by atoms with E-state index in [1.807, 2.05) is 18.2 Å². The largest absolute Gasteiger partial charge is 0.395 e. The first-order chi connectivity index (χ1) is 8.69. The molecule has 0 amide bonds. The number of aromatic amines is 2. The zero-order chi connectivity index (χ0) is 13.0. The summed E-state index contributed by atoms with van der Waals surface area (Å²) < 4.78 is 0. The van der Waals surface area contributed by atoms with Crippen LogP contribution in [0.15, 0.2) is 23.0 Å². The van der Waals surface area contributed by atoms with E-state index in [-0.39, 0.29) is 18.3 Å². The Balaban J connectivity index is 1.89. The van der Waals surface area contributed by atoms with Gasteiger partial charge in [-0.2, -0.15) is 0 Å². The van der Waals surface area contributed by atoms with Crippen LogP contribution in [0, 0.1) is 0 Å². The van der Waals surface area contributed by atoms with Crippen molar-refractivity contribution in [1.29, 1.82) is 0 Å². The molecule has 0 fully saturated rings. The first-order valence-corrected chi connectivity index (χ1v) is 5.97. The molecule has 1 unspecified atom stereocenters. The molecule has 1 aromatic carbocycles. The van der Waals surface area contributed by atoms with Gasteiger partial charge in [-0.15, -0.1) is 0 Å². The number of nitrogens with two attached hydrogens (primary N) is 1. The van der Waals surface area contributed by atoms with Crippen LogP contribution < -0.4 is 16.7 Å². The number of nitrogens with one attached hydrogen (secondary N) is 3. The van der Waals surface area contributed by atoms with Gasteiger partial charge in [0, 0.05) is 12.6 Å². The van der Waals surface area contributed by atoms with E-state index in [2.05, 4.69) is 15.3 Å². The van der Waals surface area contributed by atoms with Crippen LogP contribution in [0.3, 0.4) is 0 Å². The highest BCUT2D eigenvalue weighted by atomic mass is 16.3. The van der Waals surface area contributed by atoms with Gasteiger partial charge in [0.05, 0.1) is 17.6 Å². The van der Waals surface area contributed by atoms with E-state index in [0.29, 0.717) is 6.54 Å². The Bertz CT molecular complexity index is 560. The van der Waals surface area contributed by atoms with Crippen LogP contribution in [0.25, 0.3) is 11.0 Å². The van der Waals surface area contributed by atoms with Gasteiger partial charge in [0.2, 0.25) is 0 Å². The van der Waals surface area contributed by atoms with Crippen LogP contribution in [-0.4, -0.2) is 40.8 Å². The highest BCUT2D eigenvalue weighted by Crippen LogP contribution is 2.10. The van der Waals surface area contributed by atoms with Gasteiger partial charge in [0.15, 0.2) is 0 Å². The Hall–Kier alpha value is -1.63. The number of hydrogen-bond acceptors (Lipinski definition) is 4. The third kappa shape index (κ3) is 3.19. The summed E-state index contributed by atoms with van der Waals surface area (Å²) in [6, 6.07) is 5.62. The van der Waals surface area contributed by atoms with E-state index in [4.69, 9.17) is 10.8 Å². The van der Waals surface area contributed by atoms with E-state index in [1.165, 1.54) is 0 Å². The average molecular weight is 250 g/mol. The number of aliphatic hydroxyl groups is 1. The smallest absolute Gasteiger partial charge is 0.323 e. The topological polar surface area (TPSA) is 107 Å². The monoisotopic (exact) mass is 250 g/mol. The Morgan fingerprint density at radius 3 is 2.89 bits per heavy atom. The van der Waals surface area contributed by atoms with Gasteiger partial charge in [0.1, 0.15) is 0 Å². The molecule has 6 nitrogen and oxygen atoms in total. The second-order valence-electron chi connectivity index (χ2n) is 4.36. The van der Waals surface area contributed by atoms with Crippen molar-refractivity contribution in [3.8, 4) is 0 Å². The molecule has 2 rings (SSSR count). The van der Waals surface area contributed by atoms with E-state index in [9.17, 15) is 4.79 Å². The normalized spacial score (nSPS) is 13.0. The number of aromatic nitrogens is 2. The Morgan fingerprint density at radius 2 is 2.11 bits per heavy atom. The van der Waals surface area contributed by atoms with Crippen LogP contribution in [-0.2, 0) is 6.42 Å². The van der Waals surface area contributed by atoms with Crippen molar-refractivity contribution in [2.24, 2.45) is 5.73 Å². The van der Waals surface area contributed by atoms with Gasteiger partial charge in [-0.05, 0) is 30.7 Å². The van der Waals surface area contributed by atoms with Crippen molar-refractivity contribution >= 4 is 11.0 Å². The predicted octanol–water partition coefficient (Wildman–Crippen LogP) is -0.692. The standard InChI is InChI=1S/C12H18N4O2/c13-9(7-17)6-14-4-3-8-1-2-10-11(5-8)16-12(18)15-10/h1-2,5,9,14,17H,3-4,6-7,13H2,(H2,15,16,18). The summed E-state index contributed by atoms with van der Waals surface area (Å²) in [6.45, 7) is 1.37.